The molecule has 0 aromatic rings. The van der Waals surface area contributed by atoms with Crippen LogP contribution in [0.2, 0.25) is 0 Å². The molecule has 6 heteroatoms. The van der Waals surface area contributed by atoms with E-state index in [-0.39, 0.29) is 13.0 Å². The van der Waals surface area contributed by atoms with Crippen LogP contribution in [-0.4, -0.2) is 62.8 Å². The van der Waals surface area contributed by atoms with Crippen molar-refractivity contribution in [1.82, 2.24) is 0 Å². The minimum Gasteiger partial charge on any atom is -0.394 e. The van der Waals surface area contributed by atoms with Gasteiger partial charge in [-0.25, -0.2) is 0 Å². The summed E-state index contributed by atoms with van der Waals surface area (Å²) >= 11 is 0. The van der Waals surface area contributed by atoms with Crippen LogP contribution in [0.15, 0.2) is 0 Å². The van der Waals surface area contributed by atoms with Gasteiger partial charge < -0.3 is 30.3 Å². The molecular formula is C7H14O6. The summed E-state index contributed by atoms with van der Waals surface area (Å²) in [6.45, 7) is -1.07. The topological polar surface area (TPSA) is 110 Å². The zero-order valence-electron chi connectivity index (χ0n) is 7.00. The van der Waals surface area contributed by atoms with E-state index >= 15 is 0 Å². The van der Waals surface area contributed by atoms with Crippen molar-refractivity contribution in [2.45, 2.75) is 30.5 Å². The van der Waals surface area contributed by atoms with Gasteiger partial charge in [-0.2, -0.15) is 0 Å². The zero-order chi connectivity index (χ0) is 10.1. The maximum absolute atomic E-state index is 9.57. The largest absolute Gasteiger partial charge is 0.394 e. The van der Waals surface area contributed by atoms with Crippen LogP contribution in [0.5, 0.6) is 0 Å². The van der Waals surface area contributed by atoms with Crippen molar-refractivity contribution >= 4 is 0 Å². The Bertz CT molecular complexity index is 174. The molecule has 6 nitrogen and oxygen atoms in total. The SMILES string of the molecule is OCC1CC(O)(CO)C(O)C(O)O1. The highest BCUT2D eigenvalue weighted by Gasteiger charge is 2.47. The smallest absolute Gasteiger partial charge is 0.184 e. The van der Waals surface area contributed by atoms with Gasteiger partial charge in [-0.3, -0.25) is 0 Å². The predicted octanol–water partition coefficient (Wildman–Crippen LogP) is -2.83. The van der Waals surface area contributed by atoms with Gasteiger partial charge in [0.15, 0.2) is 6.29 Å². The lowest BCUT2D eigenvalue weighted by Crippen LogP contribution is -2.59. The normalized spacial score (nSPS) is 46.4. The van der Waals surface area contributed by atoms with Crippen molar-refractivity contribution in [3.63, 3.8) is 0 Å². The predicted molar refractivity (Wildman–Crippen MR) is 40.6 cm³/mol. The second-order valence-corrected chi connectivity index (χ2v) is 3.24. The summed E-state index contributed by atoms with van der Waals surface area (Å²) < 4.78 is 4.73. The third-order valence-electron chi connectivity index (χ3n) is 2.21. The van der Waals surface area contributed by atoms with E-state index in [0.717, 1.165) is 0 Å². The number of hydrogen-bond acceptors (Lipinski definition) is 6. The molecule has 13 heavy (non-hydrogen) atoms. The Morgan fingerprint density at radius 2 is 1.92 bits per heavy atom. The summed E-state index contributed by atoms with van der Waals surface area (Å²) in [5, 5.41) is 45.4. The highest BCUT2D eigenvalue weighted by atomic mass is 16.6. The molecule has 0 saturated carbocycles. The average Bonchev–Trinajstić information content (AvgIpc) is 2.13. The van der Waals surface area contributed by atoms with Crippen molar-refractivity contribution in [2.75, 3.05) is 13.2 Å². The molecule has 1 heterocycles. The Morgan fingerprint density at radius 3 is 2.38 bits per heavy atom. The minimum absolute atomic E-state index is 0.113. The fourth-order valence-corrected chi connectivity index (χ4v) is 1.37. The lowest BCUT2D eigenvalue weighted by Gasteiger charge is -2.41. The number of hydrogen-bond donors (Lipinski definition) is 5. The molecule has 0 aliphatic carbocycles. The van der Waals surface area contributed by atoms with Gasteiger partial charge in [0.25, 0.3) is 0 Å². The summed E-state index contributed by atoms with van der Waals surface area (Å²) in [7, 11) is 0. The highest BCUT2D eigenvalue weighted by Crippen LogP contribution is 2.27. The summed E-state index contributed by atoms with van der Waals surface area (Å²) in [6.07, 6.45) is -4.02. The maximum atomic E-state index is 9.57. The molecule has 1 aliphatic heterocycles. The van der Waals surface area contributed by atoms with E-state index in [2.05, 4.69) is 0 Å². The number of rotatable bonds is 2. The van der Waals surface area contributed by atoms with Crippen molar-refractivity contribution in [3.8, 4) is 0 Å². The third kappa shape index (κ3) is 1.98. The van der Waals surface area contributed by atoms with Gasteiger partial charge in [-0.15, -0.1) is 0 Å². The van der Waals surface area contributed by atoms with Crippen LogP contribution in [0.1, 0.15) is 6.42 Å². The Morgan fingerprint density at radius 1 is 1.31 bits per heavy atom. The molecule has 0 bridgehead atoms. The second-order valence-electron chi connectivity index (χ2n) is 3.24. The first-order valence-electron chi connectivity index (χ1n) is 3.99. The van der Waals surface area contributed by atoms with Crippen molar-refractivity contribution in [2.24, 2.45) is 0 Å². The van der Waals surface area contributed by atoms with Gasteiger partial charge in [0, 0.05) is 6.42 Å². The molecule has 1 fully saturated rings. The second kappa shape index (κ2) is 3.87. The van der Waals surface area contributed by atoms with E-state index in [1.54, 1.807) is 0 Å². The van der Waals surface area contributed by atoms with Crippen LogP contribution >= 0.6 is 0 Å². The molecule has 0 aromatic heterocycles. The summed E-state index contributed by atoms with van der Waals surface area (Å²) in [5.41, 5.74) is -1.80. The zero-order valence-corrected chi connectivity index (χ0v) is 7.00. The van der Waals surface area contributed by atoms with E-state index in [9.17, 15) is 10.2 Å². The first kappa shape index (κ1) is 10.8. The fraction of sp³-hybridized carbons (Fsp3) is 1.00. The summed E-state index contributed by atoms with van der Waals surface area (Å²) in [6, 6.07) is 0. The van der Waals surface area contributed by atoms with E-state index in [1.807, 2.05) is 0 Å². The fourth-order valence-electron chi connectivity index (χ4n) is 1.37. The molecule has 0 spiro atoms. The molecule has 1 saturated heterocycles. The summed E-state index contributed by atoms with van der Waals surface area (Å²) in [5.74, 6) is 0. The van der Waals surface area contributed by atoms with Crippen LogP contribution in [0.25, 0.3) is 0 Å². The molecule has 1 rings (SSSR count). The molecule has 0 amide bonds. The molecular weight excluding hydrogens is 180 g/mol. The molecule has 4 atom stereocenters. The molecule has 5 N–H and O–H groups in total. The standard InChI is InChI=1S/C7H14O6/c8-2-4-1-7(12,3-9)5(10)6(11)13-4/h4-6,8-12H,1-3H2. The Kier molecular flexibility index (Phi) is 3.23. The van der Waals surface area contributed by atoms with Crippen LogP contribution < -0.4 is 0 Å². The van der Waals surface area contributed by atoms with E-state index in [1.165, 1.54) is 0 Å². The lowest BCUT2D eigenvalue weighted by molar-refractivity contribution is -0.289. The van der Waals surface area contributed by atoms with Crippen LogP contribution in [-0.2, 0) is 4.74 Å². The lowest BCUT2D eigenvalue weighted by atomic mass is 9.88. The minimum atomic E-state index is -1.80. The molecule has 78 valence electrons. The first-order chi connectivity index (χ1) is 6.03. The van der Waals surface area contributed by atoms with Crippen molar-refractivity contribution in [3.05, 3.63) is 0 Å². The van der Waals surface area contributed by atoms with Crippen LogP contribution in [0.3, 0.4) is 0 Å². The van der Waals surface area contributed by atoms with E-state index in [4.69, 9.17) is 20.1 Å². The van der Waals surface area contributed by atoms with Crippen molar-refractivity contribution in [1.29, 1.82) is 0 Å². The Labute approximate surface area is 75.0 Å². The molecule has 4 unspecified atom stereocenters. The van der Waals surface area contributed by atoms with Gasteiger partial charge >= 0.3 is 0 Å². The number of aliphatic hydroxyl groups is 5. The molecule has 0 radical (unpaired) electrons. The number of ether oxygens (including phenoxy) is 1. The van der Waals surface area contributed by atoms with Crippen molar-refractivity contribution < 1.29 is 30.3 Å². The highest BCUT2D eigenvalue weighted by molar-refractivity contribution is 4.93. The first-order valence-corrected chi connectivity index (χ1v) is 3.99. The monoisotopic (exact) mass is 194 g/mol. The summed E-state index contributed by atoms with van der Waals surface area (Å²) in [4.78, 5) is 0. The van der Waals surface area contributed by atoms with Gasteiger partial charge in [0.2, 0.25) is 0 Å². The van der Waals surface area contributed by atoms with Crippen LogP contribution in [0.4, 0.5) is 0 Å². The third-order valence-corrected chi connectivity index (χ3v) is 2.21. The van der Waals surface area contributed by atoms with Gasteiger partial charge in [-0.1, -0.05) is 0 Å². The Hall–Kier alpha value is -0.240. The molecule has 1 aliphatic rings. The average molecular weight is 194 g/mol. The Balaban J connectivity index is 2.71. The van der Waals surface area contributed by atoms with E-state index < -0.39 is 30.7 Å². The number of aliphatic hydroxyl groups excluding tert-OH is 4. The van der Waals surface area contributed by atoms with Gasteiger partial charge in [-0.05, 0) is 0 Å². The van der Waals surface area contributed by atoms with Gasteiger partial charge in [0.1, 0.15) is 11.7 Å². The van der Waals surface area contributed by atoms with Crippen LogP contribution in [0, 0.1) is 0 Å². The quantitative estimate of drug-likeness (QED) is 0.324. The maximum Gasteiger partial charge on any atom is 0.184 e. The molecule has 0 aromatic carbocycles. The van der Waals surface area contributed by atoms with Gasteiger partial charge in [0.05, 0.1) is 19.3 Å². The van der Waals surface area contributed by atoms with E-state index in [0.29, 0.717) is 0 Å².